The first-order valence-corrected chi connectivity index (χ1v) is 8.22. The number of nitrogens with zero attached hydrogens (tertiary/aromatic N) is 4. The number of hydrogen-bond donors (Lipinski definition) is 1. The summed E-state index contributed by atoms with van der Waals surface area (Å²) in [6.07, 6.45) is 0. The number of hydrogen-bond acceptors (Lipinski definition) is 7. The van der Waals surface area contributed by atoms with Crippen molar-refractivity contribution >= 4 is 28.8 Å². The van der Waals surface area contributed by atoms with Crippen LogP contribution in [0.4, 0.5) is 28.8 Å². The molecule has 2 aromatic carbocycles. The number of nitrogens with one attached hydrogen (secondary N) is 1. The van der Waals surface area contributed by atoms with E-state index in [-0.39, 0.29) is 17.2 Å². The van der Waals surface area contributed by atoms with Gasteiger partial charge in [0.05, 0.1) is 12.0 Å². The van der Waals surface area contributed by atoms with Gasteiger partial charge in [0.2, 0.25) is 11.8 Å². The third kappa shape index (κ3) is 3.95. The molecule has 8 heteroatoms. The average Bonchev–Trinajstić information content (AvgIpc) is 2.68. The molecule has 0 aliphatic heterocycles. The van der Waals surface area contributed by atoms with E-state index in [0.29, 0.717) is 17.4 Å². The Labute approximate surface area is 156 Å². The number of methoxy groups -OCH3 is 1. The monoisotopic (exact) mass is 365 g/mol. The Bertz CT molecular complexity index is 946. The van der Waals surface area contributed by atoms with Crippen LogP contribution in [0, 0.1) is 17.0 Å². The van der Waals surface area contributed by atoms with Gasteiger partial charge in [0.1, 0.15) is 11.4 Å². The molecule has 8 nitrogen and oxygen atoms in total. The lowest BCUT2D eigenvalue weighted by Gasteiger charge is -2.18. The van der Waals surface area contributed by atoms with E-state index < -0.39 is 4.92 Å². The van der Waals surface area contributed by atoms with Gasteiger partial charge in [0, 0.05) is 18.4 Å². The number of aromatic nitrogens is 2. The van der Waals surface area contributed by atoms with Crippen LogP contribution in [0.3, 0.4) is 0 Å². The molecule has 0 atom stereocenters. The molecule has 3 aromatic rings. The highest BCUT2D eigenvalue weighted by atomic mass is 16.6. The van der Waals surface area contributed by atoms with E-state index in [1.807, 2.05) is 37.4 Å². The SMILES string of the molecule is COc1ccc(Nc2nc(N(C)c3ccccc3)nc(C)c2[N+](=O)[O-])cc1. The largest absolute Gasteiger partial charge is 0.497 e. The smallest absolute Gasteiger partial charge is 0.332 e. The Morgan fingerprint density at radius 1 is 1.07 bits per heavy atom. The highest BCUT2D eigenvalue weighted by Gasteiger charge is 2.23. The van der Waals surface area contributed by atoms with Crippen molar-refractivity contribution in [3.05, 3.63) is 70.4 Å². The van der Waals surface area contributed by atoms with Gasteiger partial charge in [0.15, 0.2) is 0 Å². The molecule has 1 N–H and O–H groups in total. The first kappa shape index (κ1) is 18.1. The summed E-state index contributed by atoms with van der Waals surface area (Å²) < 4.78 is 5.13. The molecule has 1 heterocycles. The normalized spacial score (nSPS) is 10.3. The second-order valence-electron chi connectivity index (χ2n) is 5.81. The molecule has 0 unspecified atom stereocenters. The van der Waals surface area contributed by atoms with Gasteiger partial charge < -0.3 is 15.0 Å². The predicted molar refractivity (Wildman–Crippen MR) is 104 cm³/mol. The summed E-state index contributed by atoms with van der Waals surface area (Å²) in [5.41, 5.74) is 1.66. The van der Waals surface area contributed by atoms with E-state index in [1.165, 1.54) is 0 Å². The van der Waals surface area contributed by atoms with Gasteiger partial charge in [-0.05, 0) is 43.3 Å². The van der Waals surface area contributed by atoms with Gasteiger partial charge in [-0.2, -0.15) is 4.98 Å². The van der Waals surface area contributed by atoms with Crippen molar-refractivity contribution in [3.8, 4) is 5.75 Å². The molecular formula is C19H19N5O3. The molecule has 0 fully saturated rings. The summed E-state index contributed by atoms with van der Waals surface area (Å²) in [5.74, 6) is 1.19. The molecule has 0 aliphatic rings. The van der Waals surface area contributed by atoms with E-state index in [2.05, 4.69) is 15.3 Å². The van der Waals surface area contributed by atoms with Gasteiger partial charge in [-0.25, -0.2) is 4.98 Å². The highest BCUT2D eigenvalue weighted by Crippen LogP contribution is 2.32. The fourth-order valence-corrected chi connectivity index (χ4v) is 2.59. The maximum Gasteiger partial charge on any atom is 0.332 e. The maximum atomic E-state index is 11.5. The van der Waals surface area contributed by atoms with Crippen LogP contribution in [-0.2, 0) is 0 Å². The number of ether oxygens (including phenoxy) is 1. The Balaban J connectivity index is 2.01. The van der Waals surface area contributed by atoms with Gasteiger partial charge in [0.25, 0.3) is 0 Å². The fraction of sp³-hybridized carbons (Fsp3) is 0.158. The minimum absolute atomic E-state index is 0.135. The molecule has 3 rings (SSSR count). The summed E-state index contributed by atoms with van der Waals surface area (Å²) in [4.78, 5) is 21.5. The number of nitro groups is 1. The average molecular weight is 365 g/mol. The lowest BCUT2D eigenvalue weighted by molar-refractivity contribution is -0.385. The first-order chi connectivity index (χ1) is 13.0. The zero-order chi connectivity index (χ0) is 19.4. The Kier molecular flexibility index (Phi) is 5.16. The zero-order valence-electron chi connectivity index (χ0n) is 15.2. The van der Waals surface area contributed by atoms with Gasteiger partial charge >= 0.3 is 5.69 Å². The Morgan fingerprint density at radius 2 is 1.74 bits per heavy atom. The van der Waals surface area contributed by atoms with Crippen molar-refractivity contribution in [3.63, 3.8) is 0 Å². The van der Waals surface area contributed by atoms with Gasteiger partial charge in [-0.1, -0.05) is 18.2 Å². The predicted octanol–water partition coefficient (Wildman–Crippen LogP) is 4.21. The van der Waals surface area contributed by atoms with E-state index in [1.54, 1.807) is 43.2 Å². The molecule has 0 amide bonds. The summed E-state index contributed by atoms with van der Waals surface area (Å²) in [6, 6.07) is 16.6. The van der Waals surface area contributed by atoms with Crippen molar-refractivity contribution < 1.29 is 9.66 Å². The Hall–Kier alpha value is -3.68. The van der Waals surface area contributed by atoms with Crippen molar-refractivity contribution in [1.29, 1.82) is 0 Å². The quantitative estimate of drug-likeness (QED) is 0.516. The van der Waals surface area contributed by atoms with Crippen molar-refractivity contribution in [2.75, 3.05) is 24.4 Å². The molecule has 0 saturated heterocycles. The summed E-state index contributed by atoms with van der Waals surface area (Å²) >= 11 is 0. The third-order valence-corrected chi connectivity index (χ3v) is 4.03. The minimum Gasteiger partial charge on any atom is -0.497 e. The molecule has 1 aromatic heterocycles. The zero-order valence-corrected chi connectivity index (χ0v) is 15.2. The minimum atomic E-state index is -0.479. The van der Waals surface area contributed by atoms with Gasteiger partial charge in [-0.15, -0.1) is 0 Å². The maximum absolute atomic E-state index is 11.5. The number of benzene rings is 2. The number of aryl methyl sites for hydroxylation is 1. The number of para-hydroxylation sites is 1. The van der Waals surface area contributed by atoms with Crippen molar-refractivity contribution in [2.45, 2.75) is 6.92 Å². The van der Waals surface area contributed by atoms with Crippen LogP contribution in [0.15, 0.2) is 54.6 Å². The number of anilines is 4. The highest BCUT2D eigenvalue weighted by molar-refractivity contribution is 5.70. The molecule has 0 aliphatic carbocycles. The molecule has 27 heavy (non-hydrogen) atoms. The second-order valence-corrected chi connectivity index (χ2v) is 5.81. The van der Waals surface area contributed by atoms with Crippen molar-refractivity contribution in [1.82, 2.24) is 9.97 Å². The van der Waals surface area contributed by atoms with Crippen LogP contribution in [0.1, 0.15) is 5.69 Å². The summed E-state index contributed by atoms with van der Waals surface area (Å²) in [6.45, 7) is 1.60. The summed E-state index contributed by atoms with van der Waals surface area (Å²) in [7, 11) is 3.39. The van der Waals surface area contributed by atoms with E-state index in [0.717, 1.165) is 5.69 Å². The molecular weight excluding hydrogens is 346 g/mol. The first-order valence-electron chi connectivity index (χ1n) is 8.22. The van der Waals surface area contributed by atoms with Crippen LogP contribution in [0.5, 0.6) is 5.75 Å². The van der Waals surface area contributed by atoms with Crippen LogP contribution < -0.4 is 15.0 Å². The lowest BCUT2D eigenvalue weighted by Crippen LogP contribution is -2.15. The van der Waals surface area contributed by atoms with E-state index in [9.17, 15) is 10.1 Å². The molecule has 0 spiro atoms. The lowest BCUT2D eigenvalue weighted by atomic mass is 10.2. The Morgan fingerprint density at radius 3 is 2.33 bits per heavy atom. The third-order valence-electron chi connectivity index (χ3n) is 4.03. The van der Waals surface area contributed by atoms with Crippen LogP contribution in [-0.4, -0.2) is 29.0 Å². The molecule has 138 valence electrons. The van der Waals surface area contributed by atoms with E-state index in [4.69, 9.17) is 4.74 Å². The van der Waals surface area contributed by atoms with E-state index >= 15 is 0 Å². The topological polar surface area (TPSA) is 93.4 Å². The van der Waals surface area contributed by atoms with Crippen molar-refractivity contribution in [2.24, 2.45) is 0 Å². The summed E-state index contributed by atoms with van der Waals surface area (Å²) in [5, 5.41) is 14.6. The number of rotatable bonds is 6. The van der Waals surface area contributed by atoms with Gasteiger partial charge in [-0.3, -0.25) is 10.1 Å². The standard InChI is InChI=1S/C19H19N5O3/c1-13-17(24(25)26)18(21-14-9-11-16(27-3)12-10-14)22-19(20-13)23(2)15-7-5-4-6-8-15/h4-12H,1-3H3,(H,20,21,22). The molecule has 0 bridgehead atoms. The van der Waals surface area contributed by atoms with Crippen LogP contribution >= 0.6 is 0 Å². The van der Waals surface area contributed by atoms with Crippen LogP contribution in [0.2, 0.25) is 0 Å². The van der Waals surface area contributed by atoms with Crippen LogP contribution in [0.25, 0.3) is 0 Å². The molecule has 0 saturated carbocycles. The molecule has 0 radical (unpaired) electrons. The second kappa shape index (κ2) is 7.69. The fourth-order valence-electron chi connectivity index (χ4n) is 2.59.